The number of anilines is 3. The summed E-state index contributed by atoms with van der Waals surface area (Å²) in [5, 5.41) is 7.77. The molecular formula is C42H26N2S2. The van der Waals surface area contributed by atoms with Crippen molar-refractivity contribution in [3.05, 3.63) is 158 Å². The molecule has 0 N–H and O–H groups in total. The third-order valence-corrected chi connectivity index (χ3v) is 11.4. The zero-order valence-corrected chi connectivity index (χ0v) is 26.4. The summed E-state index contributed by atoms with van der Waals surface area (Å²) in [5.74, 6) is 0. The number of fused-ring (bicyclic) bond motifs is 9. The Bertz CT molecular complexity index is 2650. The van der Waals surface area contributed by atoms with Gasteiger partial charge in [-0.15, -0.1) is 22.7 Å². The lowest BCUT2D eigenvalue weighted by molar-refractivity contribution is 1.18. The number of nitrogens with zero attached hydrogens (tertiary/aromatic N) is 2. The molecule has 0 spiro atoms. The second-order valence-corrected chi connectivity index (χ2v) is 13.9. The van der Waals surface area contributed by atoms with E-state index in [1.807, 2.05) is 22.7 Å². The molecule has 0 amide bonds. The molecule has 0 aliphatic carbocycles. The Morgan fingerprint density at radius 2 is 0.804 bits per heavy atom. The Morgan fingerprint density at radius 1 is 0.348 bits per heavy atom. The molecule has 10 aromatic rings. The fourth-order valence-electron chi connectivity index (χ4n) is 7.11. The molecule has 4 heteroatoms. The Kier molecular flexibility index (Phi) is 5.65. The van der Waals surface area contributed by atoms with Gasteiger partial charge in [0.2, 0.25) is 0 Å². The fourth-order valence-corrected chi connectivity index (χ4v) is 9.39. The van der Waals surface area contributed by atoms with Crippen LogP contribution in [0.15, 0.2) is 158 Å². The first kappa shape index (κ1) is 25.9. The van der Waals surface area contributed by atoms with E-state index in [1.165, 1.54) is 62.2 Å². The SMILES string of the molecule is c1ccc(-n2c3ccccc3c3ccc(N(c4ccc5c(c4)sc4ccccc45)c4ccc5c(c4)sc4ccccc45)cc32)cc1. The molecule has 10 rings (SSSR count). The molecule has 7 aromatic carbocycles. The largest absolute Gasteiger partial charge is 0.310 e. The highest BCUT2D eigenvalue weighted by atomic mass is 32.1. The van der Waals surface area contributed by atoms with Crippen molar-refractivity contribution in [3.63, 3.8) is 0 Å². The molecular weight excluding hydrogens is 597 g/mol. The summed E-state index contributed by atoms with van der Waals surface area (Å²) in [4.78, 5) is 2.43. The first-order chi connectivity index (χ1) is 22.8. The number of rotatable bonds is 4. The molecule has 0 saturated heterocycles. The molecule has 46 heavy (non-hydrogen) atoms. The molecule has 216 valence electrons. The van der Waals surface area contributed by atoms with Crippen molar-refractivity contribution >= 4 is 102 Å². The molecule has 0 aliphatic heterocycles. The number of aromatic nitrogens is 1. The van der Waals surface area contributed by atoms with Gasteiger partial charge in [-0.2, -0.15) is 0 Å². The van der Waals surface area contributed by atoms with Gasteiger partial charge in [-0.1, -0.05) is 91.0 Å². The van der Waals surface area contributed by atoms with Crippen LogP contribution in [0.4, 0.5) is 17.1 Å². The lowest BCUT2D eigenvalue weighted by Crippen LogP contribution is -2.10. The predicted molar refractivity (Wildman–Crippen MR) is 201 cm³/mol. The smallest absolute Gasteiger partial charge is 0.0561 e. The molecule has 0 aliphatic rings. The maximum atomic E-state index is 2.43. The third-order valence-electron chi connectivity index (χ3n) is 9.17. The average molecular weight is 623 g/mol. The van der Waals surface area contributed by atoms with Crippen LogP contribution in [0, 0.1) is 0 Å². The quantitative estimate of drug-likeness (QED) is 0.190. The number of hydrogen-bond acceptors (Lipinski definition) is 3. The van der Waals surface area contributed by atoms with E-state index in [9.17, 15) is 0 Å². The summed E-state index contributed by atoms with van der Waals surface area (Å²) < 4.78 is 7.64. The van der Waals surface area contributed by atoms with E-state index in [2.05, 4.69) is 167 Å². The number of hydrogen-bond donors (Lipinski definition) is 0. The van der Waals surface area contributed by atoms with Crippen molar-refractivity contribution in [3.8, 4) is 5.69 Å². The molecule has 2 nitrogen and oxygen atoms in total. The highest BCUT2D eigenvalue weighted by molar-refractivity contribution is 7.26. The van der Waals surface area contributed by atoms with E-state index in [4.69, 9.17) is 0 Å². The van der Waals surface area contributed by atoms with Gasteiger partial charge in [0.05, 0.1) is 11.0 Å². The van der Waals surface area contributed by atoms with E-state index in [0.29, 0.717) is 0 Å². The van der Waals surface area contributed by atoms with Crippen LogP contribution in [0.2, 0.25) is 0 Å². The van der Waals surface area contributed by atoms with Crippen molar-refractivity contribution in [1.29, 1.82) is 0 Å². The maximum Gasteiger partial charge on any atom is 0.0561 e. The second kappa shape index (κ2) is 10.0. The van der Waals surface area contributed by atoms with Crippen LogP contribution in [0.1, 0.15) is 0 Å². The molecule has 3 aromatic heterocycles. The first-order valence-electron chi connectivity index (χ1n) is 15.5. The van der Waals surface area contributed by atoms with E-state index < -0.39 is 0 Å². The minimum absolute atomic E-state index is 1.13. The third kappa shape index (κ3) is 3.87. The molecule has 0 bridgehead atoms. The van der Waals surface area contributed by atoms with Gasteiger partial charge in [0.15, 0.2) is 0 Å². The molecule has 3 heterocycles. The van der Waals surface area contributed by atoms with Gasteiger partial charge in [-0.25, -0.2) is 0 Å². The van der Waals surface area contributed by atoms with E-state index in [-0.39, 0.29) is 0 Å². The normalized spacial score (nSPS) is 11.9. The number of benzene rings is 7. The van der Waals surface area contributed by atoms with Crippen LogP contribution in [0.3, 0.4) is 0 Å². The summed E-state index contributed by atoms with van der Waals surface area (Å²) in [6.45, 7) is 0. The first-order valence-corrected chi connectivity index (χ1v) is 17.1. The van der Waals surface area contributed by atoms with Gasteiger partial charge in [-0.05, 0) is 66.7 Å². The Morgan fingerprint density at radius 3 is 1.43 bits per heavy atom. The zero-order chi connectivity index (χ0) is 30.2. The van der Waals surface area contributed by atoms with Crippen molar-refractivity contribution in [2.45, 2.75) is 0 Å². The Balaban J connectivity index is 1.24. The average Bonchev–Trinajstić information content (AvgIpc) is 3.77. The van der Waals surface area contributed by atoms with Crippen molar-refractivity contribution in [1.82, 2.24) is 4.57 Å². The summed E-state index contributed by atoms with van der Waals surface area (Å²) in [5.41, 5.74) is 7.01. The Hall–Kier alpha value is -5.42. The van der Waals surface area contributed by atoms with Gasteiger partial charge in [0.1, 0.15) is 0 Å². The van der Waals surface area contributed by atoms with Crippen LogP contribution < -0.4 is 4.90 Å². The van der Waals surface area contributed by atoms with Gasteiger partial charge in [-0.3, -0.25) is 0 Å². The van der Waals surface area contributed by atoms with E-state index in [1.54, 1.807) is 0 Å². The molecule has 0 fully saturated rings. The minimum Gasteiger partial charge on any atom is -0.310 e. The summed E-state index contributed by atoms with van der Waals surface area (Å²) >= 11 is 3.73. The molecule has 0 radical (unpaired) electrons. The van der Waals surface area contributed by atoms with E-state index >= 15 is 0 Å². The Labute approximate surface area is 273 Å². The molecule has 0 atom stereocenters. The van der Waals surface area contributed by atoms with Crippen LogP contribution in [0.25, 0.3) is 67.8 Å². The lowest BCUT2D eigenvalue weighted by Gasteiger charge is -2.26. The summed E-state index contributed by atoms with van der Waals surface area (Å²) in [6, 6.07) is 57.7. The second-order valence-electron chi connectivity index (χ2n) is 11.8. The van der Waals surface area contributed by atoms with Gasteiger partial charge >= 0.3 is 0 Å². The van der Waals surface area contributed by atoms with Crippen LogP contribution in [-0.4, -0.2) is 4.57 Å². The number of thiophene rings is 2. The van der Waals surface area contributed by atoms with Gasteiger partial charge in [0, 0.05) is 73.9 Å². The predicted octanol–water partition coefficient (Wildman–Crippen LogP) is 13.0. The van der Waals surface area contributed by atoms with Crippen molar-refractivity contribution in [2.24, 2.45) is 0 Å². The highest BCUT2D eigenvalue weighted by Gasteiger charge is 2.19. The van der Waals surface area contributed by atoms with Crippen LogP contribution >= 0.6 is 22.7 Å². The zero-order valence-electron chi connectivity index (χ0n) is 24.7. The summed E-state index contributed by atoms with van der Waals surface area (Å²) in [6.07, 6.45) is 0. The monoisotopic (exact) mass is 622 g/mol. The fraction of sp³-hybridized carbons (Fsp3) is 0. The number of para-hydroxylation sites is 2. The summed E-state index contributed by atoms with van der Waals surface area (Å²) in [7, 11) is 0. The minimum atomic E-state index is 1.13. The molecule has 0 unspecified atom stereocenters. The van der Waals surface area contributed by atoms with Gasteiger partial charge < -0.3 is 9.47 Å². The van der Waals surface area contributed by atoms with Crippen molar-refractivity contribution < 1.29 is 0 Å². The topological polar surface area (TPSA) is 8.17 Å². The lowest BCUT2D eigenvalue weighted by atomic mass is 10.1. The highest BCUT2D eigenvalue weighted by Crippen LogP contribution is 2.44. The van der Waals surface area contributed by atoms with Crippen LogP contribution in [-0.2, 0) is 0 Å². The van der Waals surface area contributed by atoms with Gasteiger partial charge in [0.25, 0.3) is 0 Å². The maximum absolute atomic E-state index is 2.43. The van der Waals surface area contributed by atoms with Crippen LogP contribution in [0.5, 0.6) is 0 Å². The molecule has 0 saturated carbocycles. The van der Waals surface area contributed by atoms with Crippen molar-refractivity contribution in [2.75, 3.05) is 4.90 Å². The standard InChI is InChI=1S/C42H26N2S2/c1-2-10-27(11-3-1)44-37-15-7-4-12-31(37)32-21-18-28(24-38(32)44)43(29-19-22-35-33-13-5-8-16-39(33)45-41(35)25-29)30-20-23-36-34-14-6-9-17-40(34)46-42(36)26-30/h1-26H. The van der Waals surface area contributed by atoms with E-state index in [0.717, 1.165) is 22.7 Å².